The Labute approximate surface area is 158 Å². The van der Waals surface area contributed by atoms with Crippen molar-refractivity contribution >= 4 is 17.7 Å². The van der Waals surface area contributed by atoms with Gasteiger partial charge in [0.15, 0.2) is 0 Å². The molecule has 0 aromatic heterocycles. The highest BCUT2D eigenvalue weighted by molar-refractivity contribution is 6.14. The van der Waals surface area contributed by atoms with Crippen LogP contribution in [0.15, 0.2) is 24.4 Å². The monoisotopic (exact) mass is 385 g/mol. The van der Waals surface area contributed by atoms with Gasteiger partial charge in [-0.25, -0.2) is 0 Å². The lowest BCUT2D eigenvalue weighted by Crippen LogP contribution is -2.38. The maximum absolute atomic E-state index is 11.6. The van der Waals surface area contributed by atoms with Gasteiger partial charge in [-0.1, -0.05) is 0 Å². The van der Waals surface area contributed by atoms with Crippen LogP contribution < -0.4 is 11.1 Å². The molecule has 0 saturated heterocycles. The molecule has 0 aromatic rings. The number of hydrogen-bond acceptors (Lipinski definition) is 8. The van der Waals surface area contributed by atoms with E-state index >= 15 is 0 Å². The zero-order chi connectivity index (χ0) is 19.7. The molecule has 1 aliphatic rings. The molecule has 3 amide bonds. The van der Waals surface area contributed by atoms with Crippen molar-refractivity contribution in [3.8, 4) is 0 Å². The third-order valence-corrected chi connectivity index (χ3v) is 3.16. The Kier molecular flexibility index (Phi) is 12.7. The van der Waals surface area contributed by atoms with Gasteiger partial charge in [-0.15, -0.1) is 0 Å². The molecular formula is C17H27N3O7. The van der Waals surface area contributed by atoms with Crippen LogP contribution in [0.25, 0.3) is 0 Å². The lowest BCUT2D eigenvalue weighted by atomic mass is 10.5. The number of carbonyl (C=O) groups is 3. The zero-order valence-corrected chi connectivity index (χ0v) is 15.3. The van der Waals surface area contributed by atoms with Gasteiger partial charge in [0.25, 0.3) is 11.8 Å². The summed E-state index contributed by atoms with van der Waals surface area (Å²) in [6, 6.07) is 0. The third kappa shape index (κ3) is 11.3. The summed E-state index contributed by atoms with van der Waals surface area (Å²) in [5.41, 5.74) is 5.28. The second kappa shape index (κ2) is 15.0. The molecular weight excluding hydrogens is 358 g/mol. The Hall–Kier alpha value is -2.11. The lowest BCUT2D eigenvalue weighted by Gasteiger charge is -2.11. The van der Waals surface area contributed by atoms with Crippen molar-refractivity contribution in [2.45, 2.75) is 0 Å². The van der Waals surface area contributed by atoms with Crippen molar-refractivity contribution in [2.24, 2.45) is 5.73 Å². The zero-order valence-electron chi connectivity index (χ0n) is 15.3. The summed E-state index contributed by atoms with van der Waals surface area (Å²) in [6.45, 7) is 3.82. The first-order chi connectivity index (χ1) is 13.1. The molecule has 10 heteroatoms. The molecule has 0 saturated carbocycles. The Morgan fingerprint density at radius 3 is 2.00 bits per heavy atom. The van der Waals surface area contributed by atoms with Gasteiger partial charge in [0.05, 0.1) is 52.9 Å². The normalized spacial score (nSPS) is 13.9. The fraction of sp³-hybridized carbons (Fsp3) is 0.588. The Bertz CT molecular complexity index is 505. The fourth-order valence-electron chi connectivity index (χ4n) is 1.87. The van der Waals surface area contributed by atoms with E-state index in [2.05, 4.69) is 5.32 Å². The van der Waals surface area contributed by atoms with Crippen LogP contribution in [0.5, 0.6) is 0 Å². The van der Waals surface area contributed by atoms with E-state index in [1.54, 1.807) is 6.08 Å². The van der Waals surface area contributed by atoms with E-state index in [4.69, 9.17) is 24.7 Å². The fourth-order valence-corrected chi connectivity index (χ4v) is 1.87. The number of rotatable bonds is 16. The third-order valence-electron chi connectivity index (χ3n) is 3.16. The van der Waals surface area contributed by atoms with Crippen molar-refractivity contribution in [3.05, 3.63) is 24.4 Å². The van der Waals surface area contributed by atoms with E-state index < -0.39 is 17.7 Å². The molecule has 152 valence electrons. The quantitative estimate of drug-likeness (QED) is 0.244. The van der Waals surface area contributed by atoms with Gasteiger partial charge in [-0.3, -0.25) is 19.3 Å². The number of carbonyl (C=O) groups excluding carboxylic acids is 3. The van der Waals surface area contributed by atoms with Gasteiger partial charge < -0.3 is 30.0 Å². The van der Waals surface area contributed by atoms with Gasteiger partial charge in [0.1, 0.15) is 6.54 Å². The largest absolute Gasteiger partial charge is 0.378 e. The maximum atomic E-state index is 11.6. The maximum Gasteiger partial charge on any atom is 0.254 e. The average molecular weight is 385 g/mol. The molecule has 0 spiro atoms. The number of amides is 3. The summed E-state index contributed by atoms with van der Waals surface area (Å²) in [5.74, 6) is -1.45. The molecule has 0 bridgehead atoms. The summed E-state index contributed by atoms with van der Waals surface area (Å²) in [7, 11) is 0. The molecule has 0 aromatic carbocycles. The number of nitrogens with two attached hydrogens (primary N) is 1. The molecule has 3 N–H and O–H groups in total. The average Bonchev–Trinajstić information content (AvgIpc) is 2.97. The molecule has 10 nitrogen and oxygen atoms in total. The number of hydrogen-bond donors (Lipinski definition) is 2. The molecule has 1 heterocycles. The minimum absolute atomic E-state index is 0.293. The number of nitrogens with one attached hydrogen (secondary N) is 1. The van der Waals surface area contributed by atoms with E-state index in [9.17, 15) is 14.4 Å². The van der Waals surface area contributed by atoms with Crippen molar-refractivity contribution in [2.75, 3.05) is 65.9 Å². The van der Waals surface area contributed by atoms with Crippen LogP contribution in [-0.2, 0) is 33.3 Å². The Morgan fingerprint density at radius 2 is 1.44 bits per heavy atom. The first-order valence-corrected chi connectivity index (χ1v) is 8.64. The molecule has 0 atom stereocenters. The molecule has 1 rings (SSSR count). The van der Waals surface area contributed by atoms with E-state index in [0.29, 0.717) is 59.4 Å². The van der Waals surface area contributed by atoms with E-state index in [1.165, 1.54) is 6.20 Å². The predicted octanol–water partition coefficient (Wildman–Crippen LogP) is -1.43. The summed E-state index contributed by atoms with van der Waals surface area (Å²) >= 11 is 0. The molecule has 0 unspecified atom stereocenters. The molecule has 27 heavy (non-hydrogen) atoms. The van der Waals surface area contributed by atoms with Crippen molar-refractivity contribution in [1.82, 2.24) is 10.2 Å². The molecule has 0 fully saturated rings. The predicted molar refractivity (Wildman–Crippen MR) is 95.5 cm³/mol. The lowest BCUT2D eigenvalue weighted by molar-refractivity contribution is -0.140. The van der Waals surface area contributed by atoms with Gasteiger partial charge in [-0.2, -0.15) is 0 Å². The van der Waals surface area contributed by atoms with Crippen LogP contribution in [0, 0.1) is 0 Å². The van der Waals surface area contributed by atoms with Gasteiger partial charge >= 0.3 is 0 Å². The summed E-state index contributed by atoms with van der Waals surface area (Å²) in [4.78, 5) is 35.1. The minimum Gasteiger partial charge on any atom is -0.378 e. The first-order valence-electron chi connectivity index (χ1n) is 8.64. The van der Waals surface area contributed by atoms with Crippen LogP contribution in [0.1, 0.15) is 0 Å². The number of ether oxygens (including phenoxy) is 4. The highest BCUT2D eigenvalue weighted by Crippen LogP contribution is 2.02. The highest BCUT2D eigenvalue weighted by atomic mass is 16.6. The summed E-state index contributed by atoms with van der Waals surface area (Å²) in [5, 5.41) is 2.46. The second-order valence-electron chi connectivity index (χ2n) is 5.27. The topological polar surface area (TPSA) is 129 Å². The van der Waals surface area contributed by atoms with E-state index in [-0.39, 0.29) is 6.54 Å². The number of imide groups is 1. The smallest absolute Gasteiger partial charge is 0.254 e. The van der Waals surface area contributed by atoms with Crippen LogP contribution in [0.2, 0.25) is 0 Å². The SMILES string of the molecule is NCCOCCOCCOCCOC/C=C\NC(=O)CN1C(=O)C=CC1=O. The highest BCUT2D eigenvalue weighted by Gasteiger charge is 2.25. The molecule has 1 aliphatic heterocycles. The van der Waals surface area contributed by atoms with E-state index in [1.807, 2.05) is 0 Å². The van der Waals surface area contributed by atoms with Gasteiger partial charge in [0, 0.05) is 24.9 Å². The van der Waals surface area contributed by atoms with Crippen molar-refractivity contribution in [1.29, 1.82) is 0 Å². The Balaban J connectivity index is 1.87. The number of nitrogens with zero attached hydrogens (tertiary/aromatic N) is 1. The minimum atomic E-state index is -0.493. The summed E-state index contributed by atoms with van der Waals surface area (Å²) < 4.78 is 21.1. The first kappa shape index (κ1) is 22.9. The van der Waals surface area contributed by atoms with Crippen LogP contribution >= 0.6 is 0 Å². The molecule has 0 aliphatic carbocycles. The Morgan fingerprint density at radius 1 is 0.926 bits per heavy atom. The van der Waals surface area contributed by atoms with Gasteiger partial charge in [0.2, 0.25) is 5.91 Å². The van der Waals surface area contributed by atoms with Crippen LogP contribution in [0.4, 0.5) is 0 Å². The second-order valence-corrected chi connectivity index (χ2v) is 5.27. The van der Waals surface area contributed by atoms with Crippen molar-refractivity contribution < 1.29 is 33.3 Å². The van der Waals surface area contributed by atoms with E-state index in [0.717, 1.165) is 17.1 Å². The van der Waals surface area contributed by atoms with Gasteiger partial charge in [-0.05, 0) is 6.08 Å². The molecule has 0 radical (unpaired) electrons. The standard InChI is InChI=1S/C17H27N3O7/c18-4-7-25-9-11-27-13-12-26-10-8-24-6-1-5-19-15(21)14-20-16(22)2-3-17(20)23/h1-3,5H,4,6-14,18H2,(H,19,21)/b5-1-. The van der Waals surface area contributed by atoms with Crippen molar-refractivity contribution in [3.63, 3.8) is 0 Å². The summed E-state index contributed by atoms with van der Waals surface area (Å²) in [6.07, 6.45) is 5.27. The van der Waals surface area contributed by atoms with Crippen LogP contribution in [-0.4, -0.2) is 88.6 Å². The van der Waals surface area contributed by atoms with Crippen LogP contribution in [0.3, 0.4) is 0 Å².